The smallest absolute Gasteiger partial charge is 0.161 e. The Morgan fingerprint density at radius 3 is 2.70 bits per heavy atom. The van der Waals surface area contributed by atoms with Crippen LogP contribution in [-0.2, 0) is 0 Å². The van der Waals surface area contributed by atoms with E-state index in [0.717, 1.165) is 11.7 Å². The number of nitrogens with one attached hydrogen (secondary N) is 1. The average Bonchev–Trinajstić information content (AvgIpc) is 2.51. The zero-order chi connectivity index (χ0) is 13.8. The number of rotatable bonds is 2. The second kappa shape index (κ2) is 6.44. The molecule has 4 heteroatoms. The minimum Gasteiger partial charge on any atom is -0.334 e. The molecule has 0 radical (unpaired) electrons. The fourth-order valence-electron chi connectivity index (χ4n) is 3.10. The Morgan fingerprint density at radius 1 is 1.20 bits per heavy atom. The summed E-state index contributed by atoms with van der Waals surface area (Å²) in [6, 6.07) is 8.46. The van der Waals surface area contributed by atoms with Crippen molar-refractivity contribution in [1.82, 2.24) is 0 Å². The lowest BCUT2D eigenvalue weighted by Gasteiger charge is -2.38. The third-order valence-electron chi connectivity index (χ3n) is 4.34. The zero-order valence-electron chi connectivity index (χ0n) is 12.0. The summed E-state index contributed by atoms with van der Waals surface area (Å²) in [6.45, 7) is 1.02. The number of hydrogen-bond acceptors (Lipinski definition) is 4. The molecule has 1 spiro atoms. The highest BCUT2D eigenvalue weighted by Crippen LogP contribution is 2.42. The summed E-state index contributed by atoms with van der Waals surface area (Å²) >= 11 is 3.69. The Morgan fingerprint density at radius 2 is 2.00 bits per heavy atom. The third-order valence-corrected chi connectivity index (χ3v) is 6.39. The van der Waals surface area contributed by atoms with E-state index in [1.54, 1.807) is 11.8 Å². The average molecular weight is 306 g/mol. The van der Waals surface area contributed by atoms with Gasteiger partial charge in [-0.05, 0) is 36.6 Å². The van der Waals surface area contributed by atoms with Crippen LogP contribution in [0.5, 0.6) is 0 Å². The molecule has 0 unspecified atom stereocenters. The van der Waals surface area contributed by atoms with E-state index >= 15 is 0 Å². The Balaban J connectivity index is 1.67. The van der Waals surface area contributed by atoms with Crippen molar-refractivity contribution in [3.8, 4) is 0 Å². The van der Waals surface area contributed by atoms with Crippen molar-refractivity contribution in [2.75, 3.05) is 23.9 Å². The summed E-state index contributed by atoms with van der Waals surface area (Å²) in [6.07, 6.45) is 9.08. The molecule has 2 aliphatic rings. The lowest BCUT2D eigenvalue weighted by molar-refractivity contribution is 0.232. The molecule has 0 aromatic heterocycles. The second-order valence-corrected chi connectivity index (χ2v) is 7.61. The summed E-state index contributed by atoms with van der Waals surface area (Å²) in [7, 11) is 0. The van der Waals surface area contributed by atoms with E-state index in [9.17, 15) is 0 Å². The van der Waals surface area contributed by atoms with Gasteiger partial charge in [-0.1, -0.05) is 43.2 Å². The van der Waals surface area contributed by atoms with Crippen LogP contribution in [-0.4, -0.2) is 23.7 Å². The fraction of sp³-hybridized carbons (Fsp3) is 0.562. The first-order valence-corrected chi connectivity index (χ1v) is 9.60. The predicted molar refractivity (Wildman–Crippen MR) is 92.1 cm³/mol. The molecule has 2 nitrogen and oxygen atoms in total. The molecule has 0 amide bonds. The maximum Gasteiger partial charge on any atom is 0.161 e. The highest BCUT2D eigenvalue weighted by Gasteiger charge is 2.34. The zero-order valence-corrected chi connectivity index (χ0v) is 13.7. The first kappa shape index (κ1) is 14.3. The lowest BCUT2D eigenvalue weighted by Crippen LogP contribution is -2.35. The summed E-state index contributed by atoms with van der Waals surface area (Å²) in [5.41, 5.74) is 1.69. The van der Waals surface area contributed by atoms with Gasteiger partial charge >= 0.3 is 0 Å². The van der Waals surface area contributed by atoms with Gasteiger partial charge in [-0.25, -0.2) is 0 Å². The van der Waals surface area contributed by atoms with E-state index in [1.165, 1.54) is 48.4 Å². The molecule has 20 heavy (non-hydrogen) atoms. The Hall–Kier alpha value is -0.610. The molecule has 1 fully saturated rings. The second-order valence-electron chi connectivity index (χ2n) is 5.80. The van der Waals surface area contributed by atoms with Gasteiger partial charge in [0.25, 0.3) is 0 Å². The van der Waals surface area contributed by atoms with Crippen LogP contribution < -0.4 is 5.32 Å². The maximum absolute atomic E-state index is 4.84. The van der Waals surface area contributed by atoms with Gasteiger partial charge in [0.15, 0.2) is 5.17 Å². The van der Waals surface area contributed by atoms with Crippen molar-refractivity contribution in [2.45, 2.75) is 37.0 Å². The summed E-state index contributed by atoms with van der Waals surface area (Å²) in [4.78, 5) is 6.12. The van der Waals surface area contributed by atoms with E-state index in [4.69, 9.17) is 4.99 Å². The number of aliphatic imine (C=N–C) groups is 1. The number of para-hydroxylation sites is 1. The van der Waals surface area contributed by atoms with Crippen LogP contribution in [0.1, 0.15) is 32.1 Å². The molecule has 1 saturated carbocycles. The molecule has 1 aliphatic carbocycles. The van der Waals surface area contributed by atoms with E-state index in [0.29, 0.717) is 5.41 Å². The molecular weight excluding hydrogens is 284 g/mol. The largest absolute Gasteiger partial charge is 0.334 e. The molecule has 108 valence electrons. The Kier molecular flexibility index (Phi) is 4.61. The predicted octanol–water partition coefficient (Wildman–Crippen LogP) is 4.87. The topological polar surface area (TPSA) is 24.4 Å². The van der Waals surface area contributed by atoms with Crippen molar-refractivity contribution in [1.29, 1.82) is 0 Å². The van der Waals surface area contributed by atoms with Crippen molar-refractivity contribution < 1.29 is 0 Å². The number of anilines is 1. The molecule has 1 aromatic carbocycles. The van der Waals surface area contributed by atoms with E-state index < -0.39 is 0 Å². The normalized spacial score (nSPS) is 21.6. The van der Waals surface area contributed by atoms with Crippen molar-refractivity contribution in [3.63, 3.8) is 0 Å². The van der Waals surface area contributed by atoms with E-state index in [1.807, 2.05) is 11.8 Å². The fourth-order valence-corrected chi connectivity index (χ4v) is 4.81. The molecular formula is C16H22N2S2. The van der Waals surface area contributed by atoms with Gasteiger partial charge < -0.3 is 5.32 Å². The van der Waals surface area contributed by atoms with Crippen molar-refractivity contribution in [2.24, 2.45) is 10.4 Å². The Labute approximate surface area is 130 Å². The standard InChI is InChI=1S/C16H22N2S2/c1-19-14-8-4-3-7-13(14)18-15-17-11-16(12-20-15)9-5-2-6-10-16/h3-4,7-8H,2,5-6,9-12H2,1H3,(H,17,18). The number of nitrogens with zero attached hydrogens (tertiary/aromatic N) is 1. The van der Waals surface area contributed by atoms with Crippen LogP contribution in [0, 0.1) is 5.41 Å². The third kappa shape index (κ3) is 3.17. The highest BCUT2D eigenvalue weighted by molar-refractivity contribution is 8.14. The van der Waals surface area contributed by atoms with Crippen LogP contribution in [0.3, 0.4) is 0 Å². The molecule has 1 aromatic rings. The SMILES string of the molecule is CSc1ccccc1NC1=NCC2(CCCCC2)CS1. The number of thioether (sulfide) groups is 2. The minimum atomic E-state index is 0.507. The van der Waals surface area contributed by atoms with Gasteiger partial charge in [0.05, 0.1) is 5.69 Å². The molecule has 0 atom stereocenters. The van der Waals surface area contributed by atoms with Crippen LogP contribution in [0.25, 0.3) is 0 Å². The van der Waals surface area contributed by atoms with Crippen LogP contribution in [0.2, 0.25) is 0 Å². The number of benzene rings is 1. The van der Waals surface area contributed by atoms with Gasteiger partial charge in [0.1, 0.15) is 0 Å². The molecule has 1 aliphatic heterocycles. The van der Waals surface area contributed by atoms with Crippen LogP contribution in [0.4, 0.5) is 5.69 Å². The van der Waals surface area contributed by atoms with Crippen LogP contribution in [0.15, 0.2) is 34.2 Å². The monoisotopic (exact) mass is 306 g/mol. The van der Waals surface area contributed by atoms with E-state index in [2.05, 4.69) is 35.8 Å². The molecule has 1 N–H and O–H groups in total. The lowest BCUT2D eigenvalue weighted by atomic mass is 9.75. The minimum absolute atomic E-state index is 0.507. The van der Waals surface area contributed by atoms with Gasteiger partial charge in [-0.2, -0.15) is 0 Å². The van der Waals surface area contributed by atoms with Crippen molar-refractivity contribution >= 4 is 34.4 Å². The Bertz CT molecular complexity index is 493. The number of amidine groups is 1. The molecule has 0 saturated heterocycles. The van der Waals surface area contributed by atoms with Gasteiger partial charge in [0, 0.05) is 17.2 Å². The first-order chi connectivity index (χ1) is 9.81. The molecule has 1 heterocycles. The summed E-state index contributed by atoms with van der Waals surface area (Å²) in [5.74, 6) is 1.24. The van der Waals surface area contributed by atoms with E-state index in [-0.39, 0.29) is 0 Å². The molecule has 3 rings (SSSR count). The van der Waals surface area contributed by atoms with Gasteiger partial charge in [-0.15, -0.1) is 11.8 Å². The summed E-state index contributed by atoms with van der Waals surface area (Å²) < 4.78 is 0. The number of hydrogen-bond donors (Lipinski definition) is 1. The van der Waals surface area contributed by atoms with Gasteiger partial charge in [-0.3, -0.25) is 4.99 Å². The van der Waals surface area contributed by atoms with Gasteiger partial charge in [0.2, 0.25) is 0 Å². The van der Waals surface area contributed by atoms with Crippen LogP contribution >= 0.6 is 23.5 Å². The first-order valence-electron chi connectivity index (χ1n) is 7.39. The quantitative estimate of drug-likeness (QED) is 0.789. The highest BCUT2D eigenvalue weighted by atomic mass is 32.2. The molecule has 0 bridgehead atoms. The van der Waals surface area contributed by atoms with Crippen molar-refractivity contribution in [3.05, 3.63) is 24.3 Å². The maximum atomic E-state index is 4.84. The summed E-state index contributed by atoms with van der Waals surface area (Å²) in [5, 5.41) is 4.61.